The Morgan fingerprint density at radius 3 is 3.00 bits per heavy atom. The summed E-state index contributed by atoms with van der Waals surface area (Å²) in [5.41, 5.74) is 6.73. The third-order valence-electron chi connectivity index (χ3n) is 5.44. The summed E-state index contributed by atoms with van der Waals surface area (Å²) < 4.78 is 11.9. The number of amides is 2. The van der Waals surface area contributed by atoms with Crippen LogP contribution < -0.4 is 20.7 Å². The van der Waals surface area contributed by atoms with Gasteiger partial charge < -0.3 is 34.7 Å². The molecule has 0 spiro atoms. The Bertz CT molecular complexity index is 1410. The maximum atomic E-state index is 12.9. The molecule has 1 fully saturated rings. The molecule has 1 unspecified atom stereocenters. The lowest BCUT2D eigenvalue weighted by atomic mass is 10.0. The number of hydrogen-bond donors (Lipinski definition) is 2. The first-order chi connectivity index (χ1) is 16.9. The summed E-state index contributed by atoms with van der Waals surface area (Å²) in [4.78, 5) is 47.3. The Balaban J connectivity index is 1.38. The molecule has 0 saturated carbocycles. The first kappa shape index (κ1) is 22.4. The van der Waals surface area contributed by atoms with Gasteiger partial charge >= 0.3 is 6.01 Å². The molecule has 0 aliphatic carbocycles. The van der Waals surface area contributed by atoms with Crippen molar-refractivity contribution < 1.29 is 37.8 Å². The van der Waals surface area contributed by atoms with Gasteiger partial charge in [0.1, 0.15) is 18.5 Å². The van der Waals surface area contributed by atoms with Gasteiger partial charge in [0, 0.05) is 23.5 Å². The van der Waals surface area contributed by atoms with Crippen LogP contribution in [0.25, 0.3) is 11.1 Å². The predicted molar refractivity (Wildman–Crippen MR) is 116 cm³/mol. The number of carboxylic acids is 1. The Morgan fingerprint density at radius 2 is 2.29 bits per heavy atom. The summed E-state index contributed by atoms with van der Waals surface area (Å²) in [5, 5.41) is 21.0. The zero-order valence-electron chi connectivity index (χ0n) is 18.0. The van der Waals surface area contributed by atoms with E-state index in [1.807, 2.05) is 4.57 Å². The van der Waals surface area contributed by atoms with Gasteiger partial charge in [0.2, 0.25) is 11.5 Å². The maximum Gasteiger partial charge on any atom is 0.319 e. The van der Waals surface area contributed by atoms with Gasteiger partial charge in [0.25, 0.3) is 17.3 Å². The van der Waals surface area contributed by atoms with Crippen molar-refractivity contribution in [2.75, 3.05) is 18.6 Å². The van der Waals surface area contributed by atoms with Crippen LogP contribution in [0.2, 0.25) is 0 Å². The number of carboxylic acid groups (broad SMARTS) is 1. The van der Waals surface area contributed by atoms with E-state index in [0.717, 1.165) is 10.4 Å². The lowest BCUT2D eigenvalue weighted by Gasteiger charge is -2.50. The van der Waals surface area contributed by atoms with Crippen molar-refractivity contribution in [3.63, 3.8) is 0 Å². The maximum absolute atomic E-state index is 12.9. The van der Waals surface area contributed by atoms with Gasteiger partial charge in [0.05, 0.1) is 17.9 Å². The van der Waals surface area contributed by atoms with Gasteiger partial charge in [0.15, 0.2) is 18.3 Å². The SMILES string of the molecule is CON=C(C(=O)NC1C(=O)N2C(C(=O)[O-])=C(C[n+]3cccc4occc43)CS[C@H]12)c1noc(N)n1. The molecular weight excluding hydrogens is 482 g/mol. The third-order valence-corrected chi connectivity index (χ3v) is 6.78. The Morgan fingerprint density at radius 1 is 1.46 bits per heavy atom. The quantitative estimate of drug-likeness (QED) is 0.160. The molecule has 0 aromatic carbocycles. The molecule has 3 N–H and O–H groups in total. The van der Waals surface area contributed by atoms with Crippen LogP contribution in [-0.4, -0.2) is 62.8 Å². The Labute approximate surface area is 200 Å². The van der Waals surface area contributed by atoms with Crippen molar-refractivity contribution in [1.29, 1.82) is 0 Å². The highest BCUT2D eigenvalue weighted by Crippen LogP contribution is 2.40. The Kier molecular flexibility index (Phi) is 5.60. The van der Waals surface area contributed by atoms with Crippen LogP contribution in [0.5, 0.6) is 0 Å². The molecule has 35 heavy (non-hydrogen) atoms. The number of rotatable bonds is 7. The van der Waals surface area contributed by atoms with Crippen molar-refractivity contribution in [3.05, 3.63) is 47.8 Å². The monoisotopic (exact) mass is 499 g/mol. The number of oxime groups is 1. The number of carbonyl (C=O) groups excluding carboxylic acids is 3. The smallest absolute Gasteiger partial charge is 0.319 e. The minimum absolute atomic E-state index is 0.213. The second kappa shape index (κ2) is 8.75. The van der Waals surface area contributed by atoms with Gasteiger partial charge in [-0.1, -0.05) is 10.3 Å². The van der Waals surface area contributed by atoms with Gasteiger partial charge in [-0.25, -0.2) is 0 Å². The molecule has 5 rings (SSSR count). The summed E-state index contributed by atoms with van der Waals surface area (Å²) in [5.74, 6) is -2.84. The molecule has 14 nitrogen and oxygen atoms in total. The minimum Gasteiger partial charge on any atom is -0.543 e. The zero-order valence-corrected chi connectivity index (χ0v) is 18.9. The number of nitrogen functional groups attached to an aromatic ring is 1. The number of aliphatic carboxylic acids is 1. The molecular formula is C20H17N7O7S. The standard InChI is InChI=1S/C20H17N7O7S/c1-32-24-12(15-23-20(21)34-25-15)16(28)22-13-17(29)27-14(19(30)31)9(8-35-18(13)27)7-26-5-2-3-11-10(26)4-6-33-11/h2-6,13,18H,7-8H2,1H3,(H3-,21,22,23,25,28,30,31)/t13?,18-/m1/s1. The van der Waals surface area contributed by atoms with Crippen molar-refractivity contribution >= 4 is 52.4 Å². The first-order valence-electron chi connectivity index (χ1n) is 10.1. The van der Waals surface area contributed by atoms with E-state index in [1.165, 1.54) is 25.1 Å². The molecule has 2 aliphatic rings. The highest BCUT2D eigenvalue weighted by Gasteiger charge is 2.53. The van der Waals surface area contributed by atoms with E-state index in [4.69, 9.17) is 10.2 Å². The van der Waals surface area contributed by atoms with Crippen LogP contribution in [0.4, 0.5) is 6.01 Å². The summed E-state index contributed by atoms with van der Waals surface area (Å²) >= 11 is 1.31. The van der Waals surface area contributed by atoms with E-state index in [1.54, 1.807) is 24.4 Å². The number of hydrogen-bond acceptors (Lipinski definition) is 12. The van der Waals surface area contributed by atoms with Crippen LogP contribution in [0.15, 0.2) is 56.0 Å². The number of anilines is 1. The van der Waals surface area contributed by atoms with Crippen LogP contribution in [0.3, 0.4) is 0 Å². The van der Waals surface area contributed by atoms with Crippen molar-refractivity contribution in [2.24, 2.45) is 5.16 Å². The Hall–Kier alpha value is -4.40. The van der Waals surface area contributed by atoms with Crippen LogP contribution in [0, 0.1) is 0 Å². The summed E-state index contributed by atoms with van der Waals surface area (Å²) in [6, 6.07) is 4.04. The molecule has 2 amide bonds. The lowest BCUT2D eigenvalue weighted by molar-refractivity contribution is -0.663. The average Bonchev–Trinajstić information content (AvgIpc) is 3.49. The number of carbonyl (C=O) groups is 3. The predicted octanol–water partition coefficient (Wildman–Crippen LogP) is -1.86. The number of pyridine rings is 1. The highest BCUT2D eigenvalue weighted by atomic mass is 32.2. The van der Waals surface area contributed by atoms with E-state index in [-0.39, 0.29) is 29.8 Å². The molecule has 2 aliphatic heterocycles. The van der Waals surface area contributed by atoms with Crippen molar-refractivity contribution in [2.45, 2.75) is 18.0 Å². The molecule has 5 heterocycles. The van der Waals surface area contributed by atoms with Gasteiger partial charge in [-0.3, -0.25) is 14.5 Å². The molecule has 3 aromatic heterocycles. The van der Waals surface area contributed by atoms with Crippen LogP contribution in [-0.2, 0) is 25.8 Å². The molecule has 1 saturated heterocycles. The number of nitrogens with two attached hydrogens (primary N) is 1. The minimum atomic E-state index is -1.48. The van der Waals surface area contributed by atoms with Gasteiger partial charge in [-0.2, -0.15) is 9.55 Å². The van der Waals surface area contributed by atoms with Crippen LogP contribution in [0.1, 0.15) is 5.82 Å². The number of β-lactam (4-membered cyclic amide) rings is 1. The largest absolute Gasteiger partial charge is 0.543 e. The van der Waals surface area contributed by atoms with E-state index in [0.29, 0.717) is 16.9 Å². The van der Waals surface area contributed by atoms with Crippen LogP contribution >= 0.6 is 11.8 Å². The van der Waals surface area contributed by atoms with Crippen molar-refractivity contribution in [1.82, 2.24) is 20.4 Å². The summed E-state index contributed by atoms with van der Waals surface area (Å²) in [6.45, 7) is 0.213. The molecule has 3 aromatic rings. The number of aromatic nitrogens is 3. The highest BCUT2D eigenvalue weighted by molar-refractivity contribution is 8.00. The van der Waals surface area contributed by atoms with Gasteiger partial charge in [-0.05, 0) is 6.07 Å². The first-order valence-corrected chi connectivity index (χ1v) is 11.2. The number of thioether (sulfide) groups is 1. The molecule has 2 atom stereocenters. The number of nitrogens with zero attached hydrogens (tertiary/aromatic N) is 5. The average molecular weight is 499 g/mol. The number of furan rings is 1. The molecule has 180 valence electrons. The summed E-state index contributed by atoms with van der Waals surface area (Å²) in [7, 11) is 1.21. The third kappa shape index (κ3) is 3.84. The van der Waals surface area contributed by atoms with E-state index >= 15 is 0 Å². The fourth-order valence-electron chi connectivity index (χ4n) is 3.94. The second-order valence-corrected chi connectivity index (χ2v) is 8.59. The molecule has 0 radical (unpaired) electrons. The van der Waals surface area contributed by atoms with E-state index < -0.39 is 29.2 Å². The fourth-order valence-corrected chi connectivity index (χ4v) is 5.28. The molecule has 15 heteroatoms. The van der Waals surface area contributed by atoms with E-state index in [2.05, 4.69) is 30.0 Å². The second-order valence-electron chi connectivity index (χ2n) is 7.49. The van der Waals surface area contributed by atoms with Gasteiger partial charge in [-0.15, -0.1) is 11.8 Å². The van der Waals surface area contributed by atoms with Crippen molar-refractivity contribution in [3.8, 4) is 0 Å². The zero-order chi connectivity index (χ0) is 24.7. The number of fused-ring (bicyclic) bond motifs is 2. The normalized spacial score (nSPS) is 20.0. The summed E-state index contributed by atoms with van der Waals surface area (Å²) in [6.07, 6.45) is 3.33. The van der Waals surface area contributed by atoms with E-state index in [9.17, 15) is 19.5 Å². The fraction of sp³-hybridized carbons (Fsp3) is 0.250. The topological polar surface area (TPSA) is 193 Å². The molecule has 0 bridgehead atoms. The number of nitrogens with one attached hydrogen (secondary N) is 1. The lowest BCUT2D eigenvalue weighted by Crippen LogP contribution is -2.71.